The van der Waals surface area contributed by atoms with E-state index in [1.165, 1.54) is 12.1 Å². The van der Waals surface area contributed by atoms with E-state index in [-0.39, 0.29) is 24.0 Å². The molecule has 1 aromatic rings. The van der Waals surface area contributed by atoms with Crippen LogP contribution in [-0.4, -0.2) is 64.6 Å². The second kappa shape index (κ2) is 15.8. The van der Waals surface area contributed by atoms with Gasteiger partial charge in [-0.05, 0) is 48.9 Å². The summed E-state index contributed by atoms with van der Waals surface area (Å²) in [5.74, 6) is -3.51. The van der Waals surface area contributed by atoms with Crippen LogP contribution in [0, 0.1) is 11.8 Å². The van der Waals surface area contributed by atoms with Crippen molar-refractivity contribution in [3.63, 3.8) is 0 Å². The van der Waals surface area contributed by atoms with Crippen molar-refractivity contribution in [3.8, 4) is 5.75 Å². The zero-order valence-corrected chi connectivity index (χ0v) is 22.2. The van der Waals surface area contributed by atoms with E-state index in [2.05, 4.69) is 16.0 Å². The lowest BCUT2D eigenvalue weighted by Crippen LogP contribution is -2.59. The third-order valence-electron chi connectivity index (χ3n) is 6.34. The molecule has 3 amide bonds. The Morgan fingerprint density at radius 3 is 2.00 bits per heavy atom. The number of benzene rings is 1. The van der Waals surface area contributed by atoms with Crippen molar-refractivity contribution >= 4 is 23.7 Å². The first-order valence-electron chi connectivity index (χ1n) is 12.8. The summed E-state index contributed by atoms with van der Waals surface area (Å²) in [6.45, 7) is 7.46. The Labute approximate surface area is 218 Å². The molecule has 5 unspecified atom stereocenters. The van der Waals surface area contributed by atoms with Crippen LogP contribution in [0.5, 0.6) is 5.75 Å². The maximum absolute atomic E-state index is 13.4. The number of rotatable bonds is 16. The lowest BCUT2D eigenvalue weighted by atomic mass is 9.95. The molecule has 208 valence electrons. The summed E-state index contributed by atoms with van der Waals surface area (Å²) < 4.78 is 0. The maximum atomic E-state index is 13.4. The molecule has 1 rings (SSSR count). The lowest BCUT2D eigenvalue weighted by Gasteiger charge is -2.29. The first-order valence-corrected chi connectivity index (χ1v) is 12.8. The largest absolute Gasteiger partial charge is 0.508 e. The number of carbonyl (C=O) groups excluding carboxylic acids is 3. The summed E-state index contributed by atoms with van der Waals surface area (Å²) in [5, 5.41) is 27.0. The van der Waals surface area contributed by atoms with Crippen molar-refractivity contribution in [3.05, 3.63) is 29.8 Å². The molecule has 1 aromatic carbocycles. The number of carboxylic acid groups (broad SMARTS) is 1. The fraction of sp³-hybridized carbons (Fsp3) is 0.615. The van der Waals surface area contributed by atoms with Gasteiger partial charge in [-0.25, -0.2) is 4.79 Å². The Hall–Kier alpha value is -3.18. The minimum Gasteiger partial charge on any atom is -0.508 e. The second-order valence-electron chi connectivity index (χ2n) is 9.76. The average molecular weight is 522 g/mol. The van der Waals surface area contributed by atoms with Crippen molar-refractivity contribution in [2.45, 2.75) is 84.0 Å². The van der Waals surface area contributed by atoms with Gasteiger partial charge in [0.1, 0.15) is 23.9 Å². The molecule has 0 bridgehead atoms. The van der Waals surface area contributed by atoms with Gasteiger partial charge >= 0.3 is 5.97 Å². The van der Waals surface area contributed by atoms with Gasteiger partial charge in [-0.2, -0.15) is 0 Å². The number of phenols is 1. The van der Waals surface area contributed by atoms with Crippen molar-refractivity contribution in [2.24, 2.45) is 23.3 Å². The highest BCUT2D eigenvalue weighted by Gasteiger charge is 2.33. The zero-order valence-electron chi connectivity index (χ0n) is 22.2. The van der Waals surface area contributed by atoms with E-state index in [9.17, 15) is 29.4 Å². The van der Waals surface area contributed by atoms with E-state index in [0.717, 1.165) is 6.42 Å². The molecular formula is C26H43N5O6. The number of carboxylic acids is 1. The molecule has 5 atom stereocenters. The molecule has 37 heavy (non-hydrogen) atoms. The van der Waals surface area contributed by atoms with Crippen LogP contribution in [0.25, 0.3) is 0 Å². The smallest absolute Gasteiger partial charge is 0.326 e. The third kappa shape index (κ3) is 10.8. The normalized spacial score (nSPS) is 15.2. The molecule has 0 aliphatic rings. The van der Waals surface area contributed by atoms with Crippen LogP contribution in [0.3, 0.4) is 0 Å². The first-order chi connectivity index (χ1) is 17.4. The Kier molecular flexibility index (Phi) is 13.6. The maximum Gasteiger partial charge on any atom is 0.326 e. The van der Waals surface area contributed by atoms with Crippen molar-refractivity contribution in [2.75, 3.05) is 6.54 Å². The molecule has 0 fully saturated rings. The number of carbonyl (C=O) groups is 4. The minimum absolute atomic E-state index is 0.0577. The van der Waals surface area contributed by atoms with Crippen LogP contribution in [0.4, 0.5) is 0 Å². The number of hydrogen-bond donors (Lipinski definition) is 7. The van der Waals surface area contributed by atoms with E-state index in [4.69, 9.17) is 11.5 Å². The molecule has 0 radical (unpaired) electrons. The summed E-state index contributed by atoms with van der Waals surface area (Å²) in [5.41, 5.74) is 12.2. The van der Waals surface area contributed by atoms with Crippen LogP contribution < -0.4 is 27.4 Å². The molecule has 0 saturated heterocycles. The van der Waals surface area contributed by atoms with Gasteiger partial charge in [0.15, 0.2) is 0 Å². The van der Waals surface area contributed by atoms with E-state index in [0.29, 0.717) is 31.4 Å². The molecule has 0 saturated carbocycles. The van der Waals surface area contributed by atoms with Gasteiger partial charge in [0.2, 0.25) is 17.7 Å². The Bertz CT molecular complexity index is 892. The minimum atomic E-state index is -1.17. The predicted molar refractivity (Wildman–Crippen MR) is 140 cm³/mol. The number of phenolic OH excluding ortho intramolecular Hbond substituents is 1. The van der Waals surface area contributed by atoms with E-state index in [1.807, 2.05) is 6.92 Å². The summed E-state index contributed by atoms with van der Waals surface area (Å²) in [6, 6.07) is 2.17. The summed E-state index contributed by atoms with van der Waals surface area (Å²) in [7, 11) is 0. The number of unbranched alkanes of at least 4 members (excludes halogenated alkanes) is 1. The van der Waals surface area contributed by atoms with Gasteiger partial charge in [0.25, 0.3) is 0 Å². The number of nitrogens with one attached hydrogen (secondary N) is 3. The quantitative estimate of drug-likeness (QED) is 0.154. The van der Waals surface area contributed by atoms with Gasteiger partial charge < -0.3 is 37.6 Å². The van der Waals surface area contributed by atoms with Crippen molar-refractivity contribution < 1.29 is 29.4 Å². The molecule has 11 nitrogen and oxygen atoms in total. The fourth-order valence-electron chi connectivity index (χ4n) is 3.71. The SMILES string of the molecule is CCC(C)C(NC(=O)C(Cc1ccc(O)cc1)NC(=O)C(N)CCCCN)C(=O)NC(C(=O)O)C(C)C. The monoisotopic (exact) mass is 521 g/mol. The summed E-state index contributed by atoms with van der Waals surface area (Å²) >= 11 is 0. The number of hydrogen-bond acceptors (Lipinski definition) is 7. The number of amides is 3. The predicted octanol–water partition coefficient (Wildman–Crippen LogP) is 0.632. The van der Waals surface area contributed by atoms with Gasteiger partial charge in [-0.15, -0.1) is 0 Å². The molecule has 0 aliphatic carbocycles. The van der Waals surface area contributed by atoms with Crippen molar-refractivity contribution in [1.82, 2.24) is 16.0 Å². The number of nitrogens with two attached hydrogens (primary N) is 2. The Morgan fingerprint density at radius 2 is 1.49 bits per heavy atom. The Balaban J connectivity index is 3.13. The van der Waals surface area contributed by atoms with Gasteiger partial charge in [-0.3, -0.25) is 14.4 Å². The van der Waals surface area contributed by atoms with Crippen molar-refractivity contribution in [1.29, 1.82) is 0 Å². The number of aliphatic carboxylic acids is 1. The van der Waals surface area contributed by atoms with Crippen LogP contribution in [0.15, 0.2) is 24.3 Å². The highest BCUT2D eigenvalue weighted by atomic mass is 16.4. The molecule has 11 heteroatoms. The second-order valence-corrected chi connectivity index (χ2v) is 9.76. The molecule has 0 heterocycles. The van der Waals surface area contributed by atoms with Gasteiger partial charge in [0.05, 0.1) is 6.04 Å². The summed E-state index contributed by atoms with van der Waals surface area (Å²) in [6.07, 6.45) is 2.42. The molecule has 9 N–H and O–H groups in total. The highest BCUT2D eigenvalue weighted by Crippen LogP contribution is 2.14. The third-order valence-corrected chi connectivity index (χ3v) is 6.34. The van der Waals surface area contributed by atoms with E-state index < -0.39 is 47.9 Å². The van der Waals surface area contributed by atoms with Crippen LogP contribution in [-0.2, 0) is 25.6 Å². The molecule has 0 aromatic heterocycles. The van der Waals surface area contributed by atoms with Crippen LogP contribution in [0.2, 0.25) is 0 Å². The average Bonchev–Trinajstić information content (AvgIpc) is 2.85. The molecule has 0 spiro atoms. The molecular weight excluding hydrogens is 478 g/mol. The van der Waals surface area contributed by atoms with Gasteiger partial charge in [-0.1, -0.05) is 52.7 Å². The van der Waals surface area contributed by atoms with E-state index >= 15 is 0 Å². The Morgan fingerprint density at radius 1 is 0.892 bits per heavy atom. The van der Waals surface area contributed by atoms with Crippen LogP contribution in [0.1, 0.15) is 58.9 Å². The zero-order chi connectivity index (χ0) is 28.1. The summed E-state index contributed by atoms with van der Waals surface area (Å²) in [4.78, 5) is 50.8. The van der Waals surface area contributed by atoms with Gasteiger partial charge in [0, 0.05) is 6.42 Å². The number of aromatic hydroxyl groups is 1. The standard InChI is InChI=1S/C26H43N5O6/c1-5-16(4)22(25(35)30-21(15(2)3)26(36)37)31-24(34)20(14-17-9-11-18(32)12-10-17)29-23(33)19(28)8-6-7-13-27/h9-12,15-16,19-22,32H,5-8,13-14,27-28H2,1-4H3,(H,29,33)(H,30,35)(H,31,34)(H,36,37). The topological polar surface area (TPSA) is 197 Å². The van der Waals surface area contributed by atoms with E-state index in [1.54, 1.807) is 32.9 Å². The fourth-order valence-corrected chi connectivity index (χ4v) is 3.71. The molecule has 0 aliphatic heterocycles. The van der Waals surface area contributed by atoms with Crippen LogP contribution >= 0.6 is 0 Å². The lowest BCUT2D eigenvalue weighted by molar-refractivity contribution is -0.144. The highest BCUT2D eigenvalue weighted by molar-refractivity contribution is 5.94. The first kappa shape index (κ1) is 31.8.